The molecule has 0 saturated carbocycles. The molecule has 0 radical (unpaired) electrons. The fourth-order valence-electron chi connectivity index (χ4n) is 2.58. The van der Waals surface area contributed by atoms with E-state index in [0.29, 0.717) is 19.5 Å². The SMILES string of the molecule is NC(=O)C1(O)CCN(Cc2sc3ccccc3c2Cl)C1. The van der Waals surface area contributed by atoms with Gasteiger partial charge in [-0.1, -0.05) is 29.8 Å². The van der Waals surface area contributed by atoms with E-state index >= 15 is 0 Å². The van der Waals surface area contributed by atoms with Crippen LogP contribution in [0.15, 0.2) is 24.3 Å². The molecule has 1 amide bonds. The third-order valence-corrected chi connectivity index (χ3v) is 5.45. The number of likely N-dealkylation sites (tertiary alicyclic amines) is 1. The van der Waals surface area contributed by atoms with Gasteiger partial charge in [-0.15, -0.1) is 11.3 Å². The fraction of sp³-hybridized carbons (Fsp3) is 0.357. The van der Waals surface area contributed by atoms with Crippen LogP contribution in [0.1, 0.15) is 11.3 Å². The number of amides is 1. The molecule has 106 valence electrons. The average Bonchev–Trinajstić information content (AvgIpc) is 2.94. The average molecular weight is 311 g/mol. The molecule has 20 heavy (non-hydrogen) atoms. The van der Waals surface area contributed by atoms with Gasteiger partial charge in [0.2, 0.25) is 0 Å². The first-order chi connectivity index (χ1) is 9.49. The second-order valence-electron chi connectivity index (χ2n) is 5.19. The van der Waals surface area contributed by atoms with E-state index in [1.54, 1.807) is 11.3 Å². The number of hydrogen-bond donors (Lipinski definition) is 2. The molecule has 3 rings (SSSR count). The number of carbonyl (C=O) groups is 1. The van der Waals surface area contributed by atoms with Gasteiger partial charge >= 0.3 is 0 Å². The van der Waals surface area contributed by atoms with Gasteiger partial charge in [-0.25, -0.2) is 0 Å². The lowest BCUT2D eigenvalue weighted by molar-refractivity contribution is -0.134. The number of primary amides is 1. The minimum absolute atomic E-state index is 0.271. The molecular formula is C14H15ClN2O2S. The number of fused-ring (bicyclic) bond motifs is 1. The van der Waals surface area contributed by atoms with Crippen molar-refractivity contribution in [2.75, 3.05) is 13.1 Å². The van der Waals surface area contributed by atoms with Crippen LogP contribution in [0.2, 0.25) is 5.02 Å². The minimum Gasteiger partial charge on any atom is -0.379 e. The van der Waals surface area contributed by atoms with Crippen LogP contribution in [0.4, 0.5) is 0 Å². The first-order valence-corrected chi connectivity index (χ1v) is 7.59. The molecule has 4 nitrogen and oxygen atoms in total. The first-order valence-electron chi connectivity index (χ1n) is 6.40. The van der Waals surface area contributed by atoms with Gasteiger partial charge in [0.1, 0.15) is 0 Å². The number of nitrogens with two attached hydrogens (primary N) is 1. The summed E-state index contributed by atoms with van der Waals surface area (Å²) in [7, 11) is 0. The number of hydrogen-bond acceptors (Lipinski definition) is 4. The summed E-state index contributed by atoms with van der Waals surface area (Å²) in [6, 6.07) is 7.99. The van der Waals surface area contributed by atoms with E-state index in [2.05, 4.69) is 0 Å². The van der Waals surface area contributed by atoms with Gasteiger partial charge in [-0.3, -0.25) is 9.69 Å². The molecule has 1 atom stereocenters. The van der Waals surface area contributed by atoms with E-state index in [1.165, 1.54) is 0 Å². The van der Waals surface area contributed by atoms with Gasteiger partial charge in [0, 0.05) is 34.6 Å². The third-order valence-electron chi connectivity index (χ3n) is 3.75. The molecular weight excluding hydrogens is 296 g/mol. The Balaban J connectivity index is 1.81. The summed E-state index contributed by atoms with van der Waals surface area (Å²) in [5, 5.41) is 11.9. The van der Waals surface area contributed by atoms with Crippen molar-refractivity contribution in [1.29, 1.82) is 0 Å². The Hall–Kier alpha value is -1.14. The monoisotopic (exact) mass is 310 g/mol. The van der Waals surface area contributed by atoms with Gasteiger partial charge in [-0.05, 0) is 12.5 Å². The first kappa shape index (κ1) is 13.8. The molecule has 3 N–H and O–H groups in total. The van der Waals surface area contributed by atoms with E-state index in [4.69, 9.17) is 17.3 Å². The van der Waals surface area contributed by atoms with Crippen LogP contribution < -0.4 is 5.73 Å². The molecule has 0 bridgehead atoms. The zero-order valence-electron chi connectivity index (χ0n) is 10.8. The van der Waals surface area contributed by atoms with Gasteiger partial charge in [0.05, 0.1) is 5.02 Å². The summed E-state index contributed by atoms with van der Waals surface area (Å²) in [5.41, 5.74) is 3.84. The van der Waals surface area contributed by atoms with Gasteiger partial charge in [0.25, 0.3) is 5.91 Å². The zero-order chi connectivity index (χ0) is 14.3. The molecule has 0 spiro atoms. The highest BCUT2D eigenvalue weighted by atomic mass is 35.5. The third kappa shape index (κ3) is 2.31. The van der Waals surface area contributed by atoms with E-state index in [9.17, 15) is 9.90 Å². The zero-order valence-corrected chi connectivity index (χ0v) is 12.4. The number of nitrogens with zero attached hydrogens (tertiary/aromatic N) is 1. The number of carbonyl (C=O) groups excluding carboxylic acids is 1. The highest BCUT2D eigenvalue weighted by Crippen LogP contribution is 2.36. The van der Waals surface area contributed by atoms with Crippen LogP contribution in [-0.4, -0.2) is 34.6 Å². The number of benzene rings is 1. The second-order valence-corrected chi connectivity index (χ2v) is 6.71. The molecule has 1 aromatic carbocycles. The Morgan fingerprint density at radius 3 is 2.90 bits per heavy atom. The van der Waals surface area contributed by atoms with Crippen molar-refractivity contribution in [3.05, 3.63) is 34.2 Å². The number of β-amino-alcohol motifs (C(OH)–C–C–N with tert-alkyl or cyclic N) is 1. The molecule has 1 aromatic heterocycles. The lowest BCUT2D eigenvalue weighted by atomic mass is 10.0. The number of rotatable bonds is 3. The van der Waals surface area contributed by atoms with Crippen molar-refractivity contribution in [1.82, 2.24) is 4.90 Å². The summed E-state index contributed by atoms with van der Waals surface area (Å²) in [5.74, 6) is -0.651. The number of halogens is 1. The highest BCUT2D eigenvalue weighted by Gasteiger charge is 2.41. The van der Waals surface area contributed by atoms with Crippen molar-refractivity contribution in [3.8, 4) is 0 Å². The van der Waals surface area contributed by atoms with Crippen molar-refractivity contribution in [2.45, 2.75) is 18.6 Å². The maximum absolute atomic E-state index is 11.3. The lowest BCUT2D eigenvalue weighted by Gasteiger charge is -2.19. The van der Waals surface area contributed by atoms with E-state index in [-0.39, 0.29) is 6.54 Å². The molecule has 1 aliphatic rings. The molecule has 1 unspecified atom stereocenters. The van der Waals surface area contributed by atoms with E-state index in [1.807, 2.05) is 29.2 Å². The van der Waals surface area contributed by atoms with Crippen molar-refractivity contribution in [2.24, 2.45) is 5.73 Å². The molecule has 1 aliphatic heterocycles. The molecule has 2 aromatic rings. The molecule has 2 heterocycles. The maximum Gasteiger partial charge on any atom is 0.250 e. The minimum atomic E-state index is -1.40. The normalized spacial score (nSPS) is 23.5. The lowest BCUT2D eigenvalue weighted by Crippen LogP contribution is -2.45. The van der Waals surface area contributed by atoms with Crippen molar-refractivity contribution in [3.63, 3.8) is 0 Å². The summed E-state index contributed by atoms with van der Waals surface area (Å²) in [4.78, 5) is 14.3. The van der Waals surface area contributed by atoms with Crippen molar-refractivity contribution >= 4 is 38.9 Å². The number of thiophene rings is 1. The van der Waals surface area contributed by atoms with Crippen LogP contribution in [0, 0.1) is 0 Å². The van der Waals surface area contributed by atoms with Gasteiger partial charge < -0.3 is 10.8 Å². The Labute approximate surface area is 125 Å². The fourth-order valence-corrected chi connectivity index (χ4v) is 4.11. The van der Waals surface area contributed by atoms with Crippen LogP contribution in [0.3, 0.4) is 0 Å². The molecule has 6 heteroatoms. The Morgan fingerprint density at radius 1 is 1.50 bits per heavy atom. The Morgan fingerprint density at radius 2 is 2.25 bits per heavy atom. The van der Waals surface area contributed by atoms with E-state index < -0.39 is 11.5 Å². The van der Waals surface area contributed by atoms with Crippen LogP contribution in [-0.2, 0) is 11.3 Å². The van der Waals surface area contributed by atoms with Crippen LogP contribution in [0.25, 0.3) is 10.1 Å². The summed E-state index contributed by atoms with van der Waals surface area (Å²) < 4.78 is 1.15. The quantitative estimate of drug-likeness (QED) is 0.911. The Bertz CT molecular complexity index is 672. The number of aliphatic hydroxyl groups is 1. The van der Waals surface area contributed by atoms with Gasteiger partial charge in [-0.2, -0.15) is 0 Å². The largest absolute Gasteiger partial charge is 0.379 e. The van der Waals surface area contributed by atoms with Crippen LogP contribution in [0.5, 0.6) is 0 Å². The molecule has 1 fully saturated rings. The van der Waals surface area contributed by atoms with Gasteiger partial charge in [0.15, 0.2) is 5.60 Å². The van der Waals surface area contributed by atoms with Crippen LogP contribution >= 0.6 is 22.9 Å². The summed E-state index contributed by atoms with van der Waals surface area (Å²) in [6.07, 6.45) is 0.380. The molecule has 1 saturated heterocycles. The highest BCUT2D eigenvalue weighted by molar-refractivity contribution is 7.19. The standard InChI is InChI=1S/C14H15ClN2O2S/c15-12-9-3-1-2-4-10(9)20-11(12)7-17-6-5-14(19,8-17)13(16)18/h1-4,19H,5-8H2,(H2,16,18). The summed E-state index contributed by atoms with van der Waals surface area (Å²) in [6.45, 7) is 1.55. The molecule has 0 aliphatic carbocycles. The maximum atomic E-state index is 11.3. The Kier molecular flexibility index (Phi) is 3.46. The van der Waals surface area contributed by atoms with Crippen molar-refractivity contribution < 1.29 is 9.90 Å². The smallest absolute Gasteiger partial charge is 0.250 e. The topological polar surface area (TPSA) is 66.6 Å². The summed E-state index contributed by atoms with van der Waals surface area (Å²) >= 11 is 8.05. The predicted octanol–water partition coefficient (Wildman–Crippen LogP) is 1.98. The second kappa shape index (κ2) is 5.00. The predicted molar refractivity (Wildman–Crippen MR) is 80.9 cm³/mol. The van der Waals surface area contributed by atoms with E-state index in [0.717, 1.165) is 20.0 Å².